The number of ether oxygens (including phenoxy) is 3. The van der Waals surface area contributed by atoms with Crippen LogP contribution >= 0.6 is 0 Å². The van der Waals surface area contributed by atoms with Gasteiger partial charge in [-0.2, -0.15) is 0 Å². The van der Waals surface area contributed by atoms with E-state index in [0.29, 0.717) is 26.1 Å². The lowest BCUT2D eigenvalue weighted by atomic mass is 10.0. The van der Waals surface area contributed by atoms with E-state index in [-0.39, 0.29) is 12.2 Å². The van der Waals surface area contributed by atoms with Gasteiger partial charge in [-0.15, -0.1) is 0 Å². The molecule has 0 rings (SSSR count). The fourth-order valence-corrected chi connectivity index (χ4v) is 1.49. The Morgan fingerprint density at radius 2 is 1.42 bits per heavy atom. The molecule has 0 aliphatic heterocycles. The molecule has 0 saturated heterocycles. The van der Waals surface area contributed by atoms with Crippen LogP contribution in [0, 0.1) is 5.92 Å². The fourth-order valence-electron chi connectivity index (χ4n) is 1.49. The monoisotopic (exact) mass is 274 g/mol. The summed E-state index contributed by atoms with van der Waals surface area (Å²) < 4.78 is 15.4. The van der Waals surface area contributed by atoms with Crippen molar-refractivity contribution in [3.63, 3.8) is 0 Å². The second-order valence-electron chi connectivity index (χ2n) is 4.86. The molecule has 0 saturated carbocycles. The van der Waals surface area contributed by atoms with Gasteiger partial charge in [0.25, 0.3) is 0 Å². The molecule has 5 heteroatoms. The van der Waals surface area contributed by atoms with Crippen LogP contribution in [0.5, 0.6) is 0 Å². The van der Waals surface area contributed by atoms with E-state index in [4.69, 9.17) is 14.2 Å². The van der Waals surface area contributed by atoms with E-state index in [1.165, 1.54) is 0 Å². The molecule has 0 amide bonds. The summed E-state index contributed by atoms with van der Waals surface area (Å²) in [4.78, 5) is 23.8. The normalized spacial score (nSPS) is 11.2. The second-order valence-corrected chi connectivity index (χ2v) is 4.86. The third-order valence-corrected chi connectivity index (χ3v) is 2.26. The van der Waals surface area contributed by atoms with Gasteiger partial charge in [-0.25, -0.2) is 0 Å². The Labute approximate surface area is 115 Å². The standard InChI is InChI=1S/C14H26O5/c1-6-17-9-7-8-12(13(15)18-10(2)3)14(16)19-11(4)5/h10-12H,6-9H2,1-5H3. The van der Waals surface area contributed by atoms with Crippen molar-refractivity contribution in [1.29, 1.82) is 0 Å². The minimum atomic E-state index is -0.856. The van der Waals surface area contributed by atoms with Gasteiger partial charge >= 0.3 is 11.9 Å². The Hall–Kier alpha value is -1.10. The van der Waals surface area contributed by atoms with Gasteiger partial charge in [0.2, 0.25) is 0 Å². The molecular formula is C14H26O5. The van der Waals surface area contributed by atoms with Crippen molar-refractivity contribution in [2.75, 3.05) is 13.2 Å². The topological polar surface area (TPSA) is 61.8 Å². The lowest BCUT2D eigenvalue weighted by Gasteiger charge is -2.18. The van der Waals surface area contributed by atoms with Gasteiger partial charge in [0.15, 0.2) is 5.92 Å². The van der Waals surface area contributed by atoms with E-state index in [2.05, 4.69) is 0 Å². The molecular weight excluding hydrogens is 248 g/mol. The summed E-state index contributed by atoms with van der Waals surface area (Å²) in [6.07, 6.45) is 0.526. The molecule has 0 bridgehead atoms. The molecule has 19 heavy (non-hydrogen) atoms. The van der Waals surface area contributed by atoms with E-state index < -0.39 is 17.9 Å². The Balaban J connectivity index is 4.45. The summed E-state index contributed by atoms with van der Waals surface area (Å²) in [5.41, 5.74) is 0. The number of rotatable bonds is 9. The molecule has 5 nitrogen and oxygen atoms in total. The Bertz CT molecular complexity index is 251. The first-order valence-corrected chi connectivity index (χ1v) is 6.87. The zero-order valence-electron chi connectivity index (χ0n) is 12.6. The summed E-state index contributed by atoms with van der Waals surface area (Å²) in [7, 11) is 0. The van der Waals surface area contributed by atoms with Crippen molar-refractivity contribution in [1.82, 2.24) is 0 Å². The van der Waals surface area contributed by atoms with E-state index in [1.54, 1.807) is 27.7 Å². The maximum atomic E-state index is 11.9. The van der Waals surface area contributed by atoms with Gasteiger partial charge in [0.1, 0.15) is 0 Å². The molecule has 0 atom stereocenters. The van der Waals surface area contributed by atoms with Crippen LogP contribution < -0.4 is 0 Å². The number of carbonyl (C=O) groups is 2. The number of hydrogen-bond acceptors (Lipinski definition) is 5. The van der Waals surface area contributed by atoms with Gasteiger partial charge in [-0.3, -0.25) is 9.59 Å². The third kappa shape index (κ3) is 8.59. The predicted octanol–water partition coefficient (Wildman–Crippen LogP) is 2.32. The molecule has 0 heterocycles. The molecule has 0 unspecified atom stereocenters. The lowest BCUT2D eigenvalue weighted by Crippen LogP contribution is -2.31. The Morgan fingerprint density at radius 1 is 0.947 bits per heavy atom. The molecule has 0 aromatic rings. The first kappa shape index (κ1) is 17.9. The fraction of sp³-hybridized carbons (Fsp3) is 0.857. The van der Waals surface area contributed by atoms with Crippen molar-refractivity contribution in [2.24, 2.45) is 5.92 Å². The SMILES string of the molecule is CCOCCCC(C(=O)OC(C)C)C(=O)OC(C)C. The highest BCUT2D eigenvalue weighted by molar-refractivity contribution is 5.95. The quantitative estimate of drug-likeness (QED) is 0.367. The second kappa shape index (κ2) is 9.78. The highest BCUT2D eigenvalue weighted by Crippen LogP contribution is 2.14. The molecule has 0 aliphatic rings. The van der Waals surface area contributed by atoms with Gasteiger partial charge in [-0.1, -0.05) is 0 Å². The predicted molar refractivity (Wildman–Crippen MR) is 71.7 cm³/mol. The van der Waals surface area contributed by atoms with E-state index in [1.807, 2.05) is 6.92 Å². The zero-order chi connectivity index (χ0) is 14.8. The average Bonchev–Trinajstić information content (AvgIpc) is 2.26. The van der Waals surface area contributed by atoms with Crippen molar-refractivity contribution >= 4 is 11.9 Å². The van der Waals surface area contributed by atoms with Gasteiger partial charge in [-0.05, 0) is 47.5 Å². The molecule has 112 valence electrons. The summed E-state index contributed by atoms with van der Waals surface area (Å²) in [5, 5.41) is 0. The first-order chi connectivity index (χ1) is 8.88. The minimum Gasteiger partial charge on any atom is -0.462 e. The molecule has 0 aromatic carbocycles. The number of hydrogen-bond donors (Lipinski definition) is 0. The van der Waals surface area contributed by atoms with E-state index >= 15 is 0 Å². The van der Waals surface area contributed by atoms with Crippen LogP contribution in [0.25, 0.3) is 0 Å². The molecule has 0 radical (unpaired) electrons. The molecule has 0 fully saturated rings. The van der Waals surface area contributed by atoms with Crippen molar-refractivity contribution < 1.29 is 23.8 Å². The van der Waals surface area contributed by atoms with Crippen LogP contribution in [-0.4, -0.2) is 37.4 Å². The molecule has 0 spiro atoms. The summed E-state index contributed by atoms with van der Waals surface area (Å²) in [5.74, 6) is -1.89. The zero-order valence-corrected chi connectivity index (χ0v) is 12.6. The van der Waals surface area contributed by atoms with Gasteiger partial charge in [0.05, 0.1) is 12.2 Å². The highest BCUT2D eigenvalue weighted by Gasteiger charge is 2.30. The molecule has 0 aromatic heterocycles. The first-order valence-electron chi connectivity index (χ1n) is 6.87. The Kier molecular flexibility index (Phi) is 9.21. The largest absolute Gasteiger partial charge is 0.462 e. The number of esters is 2. The van der Waals surface area contributed by atoms with E-state index in [0.717, 1.165) is 0 Å². The Morgan fingerprint density at radius 3 is 1.79 bits per heavy atom. The van der Waals surface area contributed by atoms with Gasteiger partial charge < -0.3 is 14.2 Å². The number of carbonyl (C=O) groups excluding carboxylic acids is 2. The van der Waals surface area contributed by atoms with Crippen molar-refractivity contribution in [2.45, 2.75) is 59.7 Å². The smallest absolute Gasteiger partial charge is 0.320 e. The maximum Gasteiger partial charge on any atom is 0.320 e. The summed E-state index contributed by atoms with van der Waals surface area (Å²) in [6, 6.07) is 0. The van der Waals surface area contributed by atoms with Crippen molar-refractivity contribution in [3.05, 3.63) is 0 Å². The highest BCUT2D eigenvalue weighted by atomic mass is 16.6. The molecule has 0 N–H and O–H groups in total. The van der Waals surface area contributed by atoms with Crippen LogP contribution in [0.15, 0.2) is 0 Å². The van der Waals surface area contributed by atoms with Crippen LogP contribution in [0.1, 0.15) is 47.5 Å². The van der Waals surface area contributed by atoms with Crippen LogP contribution in [0.3, 0.4) is 0 Å². The third-order valence-electron chi connectivity index (χ3n) is 2.26. The van der Waals surface area contributed by atoms with Gasteiger partial charge in [0, 0.05) is 13.2 Å². The summed E-state index contributed by atoms with van der Waals surface area (Å²) >= 11 is 0. The average molecular weight is 274 g/mol. The minimum absolute atomic E-state index is 0.242. The van der Waals surface area contributed by atoms with Crippen LogP contribution in [0.4, 0.5) is 0 Å². The maximum absolute atomic E-state index is 11.9. The van der Waals surface area contributed by atoms with Crippen molar-refractivity contribution in [3.8, 4) is 0 Å². The lowest BCUT2D eigenvalue weighted by molar-refractivity contribution is -0.166. The van der Waals surface area contributed by atoms with Crippen LogP contribution in [-0.2, 0) is 23.8 Å². The van der Waals surface area contributed by atoms with Crippen LogP contribution in [0.2, 0.25) is 0 Å². The summed E-state index contributed by atoms with van der Waals surface area (Å²) in [6.45, 7) is 10.1. The van der Waals surface area contributed by atoms with E-state index in [9.17, 15) is 9.59 Å². The molecule has 0 aliphatic carbocycles.